The van der Waals surface area contributed by atoms with E-state index in [1.54, 1.807) is 34.0 Å². The van der Waals surface area contributed by atoms with Gasteiger partial charge in [-0.05, 0) is 69.2 Å². The Bertz CT molecular complexity index is 1260. The predicted octanol–water partition coefficient (Wildman–Crippen LogP) is 4.39. The van der Waals surface area contributed by atoms with E-state index in [-0.39, 0.29) is 18.5 Å². The number of rotatable bonds is 6. The lowest BCUT2D eigenvalue weighted by Crippen LogP contribution is -2.32. The molecule has 1 aliphatic rings. The van der Waals surface area contributed by atoms with E-state index in [4.69, 9.17) is 16.0 Å². The van der Waals surface area contributed by atoms with Crippen molar-refractivity contribution in [2.24, 2.45) is 0 Å². The molecule has 9 heteroatoms. The van der Waals surface area contributed by atoms with Crippen molar-refractivity contribution in [3.05, 3.63) is 76.5 Å². The standard InChI is InChI=1S/C23H21ClN6O2/c1-14-11-15(2)30(28-14)20-10-5-17(12-25-20)23(31)29(19-8-9-19)13-21-26-27-22(32-21)16-3-6-18(24)7-4-16/h3-7,10-12,19H,8-9,13H2,1-2H3. The lowest BCUT2D eigenvalue weighted by atomic mass is 10.2. The third-order valence-corrected chi connectivity index (χ3v) is 5.59. The highest BCUT2D eigenvalue weighted by atomic mass is 35.5. The Morgan fingerprint density at radius 2 is 1.94 bits per heavy atom. The number of carbonyl (C=O) groups is 1. The first-order chi connectivity index (χ1) is 15.5. The maximum absolute atomic E-state index is 13.2. The number of nitrogens with zero attached hydrogens (tertiary/aromatic N) is 6. The highest BCUT2D eigenvalue weighted by Gasteiger charge is 2.34. The van der Waals surface area contributed by atoms with Gasteiger partial charge in [0.15, 0.2) is 5.82 Å². The fourth-order valence-electron chi connectivity index (χ4n) is 3.59. The second kappa shape index (κ2) is 8.20. The molecule has 5 rings (SSSR count). The fraction of sp³-hybridized carbons (Fsp3) is 0.261. The van der Waals surface area contributed by atoms with Gasteiger partial charge in [-0.15, -0.1) is 10.2 Å². The van der Waals surface area contributed by atoms with Gasteiger partial charge in [-0.3, -0.25) is 4.79 Å². The third kappa shape index (κ3) is 4.13. The first-order valence-electron chi connectivity index (χ1n) is 10.4. The fourth-order valence-corrected chi connectivity index (χ4v) is 3.72. The zero-order chi connectivity index (χ0) is 22.2. The molecule has 1 amide bonds. The van der Waals surface area contributed by atoms with Gasteiger partial charge in [-0.25, -0.2) is 9.67 Å². The van der Waals surface area contributed by atoms with Crippen LogP contribution in [0.1, 0.15) is 40.5 Å². The number of carbonyl (C=O) groups excluding carboxylic acids is 1. The molecule has 0 spiro atoms. The van der Waals surface area contributed by atoms with E-state index in [2.05, 4.69) is 20.3 Å². The molecule has 0 bridgehead atoms. The van der Waals surface area contributed by atoms with E-state index in [9.17, 15) is 4.79 Å². The van der Waals surface area contributed by atoms with Crippen molar-refractivity contribution in [3.63, 3.8) is 0 Å². The number of hydrogen-bond acceptors (Lipinski definition) is 6. The molecule has 32 heavy (non-hydrogen) atoms. The quantitative estimate of drug-likeness (QED) is 0.434. The summed E-state index contributed by atoms with van der Waals surface area (Å²) in [6, 6.07) is 12.9. The van der Waals surface area contributed by atoms with Crippen molar-refractivity contribution < 1.29 is 9.21 Å². The molecule has 4 aromatic rings. The largest absolute Gasteiger partial charge is 0.419 e. The summed E-state index contributed by atoms with van der Waals surface area (Å²) in [4.78, 5) is 19.5. The number of aryl methyl sites for hydroxylation is 2. The Kier molecular flexibility index (Phi) is 5.22. The number of amides is 1. The normalized spacial score (nSPS) is 13.3. The smallest absolute Gasteiger partial charge is 0.256 e. The predicted molar refractivity (Wildman–Crippen MR) is 118 cm³/mol. The van der Waals surface area contributed by atoms with Crippen molar-refractivity contribution in [2.45, 2.75) is 39.3 Å². The minimum Gasteiger partial charge on any atom is -0.419 e. The van der Waals surface area contributed by atoms with Crippen LogP contribution >= 0.6 is 11.6 Å². The van der Waals surface area contributed by atoms with Crippen LogP contribution in [0, 0.1) is 13.8 Å². The summed E-state index contributed by atoms with van der Waals surface area (Å²) in [5.74, 6) is 1.36. The minimum absolute atomic E-state index is 0.105. The highest BCUT2D eigenvalue weighted by molar-refractivity contribution is 6.30. The van der Waals surface area contributed by atoms with Crippen LogP contribution in [0.15, 0.2) is 53.1 Å². The van der Waals surface area contributed by atoms with Crippen LogP contribution < -0.4 is 0 Å². The van der Waals surface area contributed by atoms with Gasteiger partial charge in [0.1, 0.15) is 0 Å². The second-order valence-electron chi connectivity index (χ2n) is 7.92. The number of aromatic nitrogens is 5. The van der Waals surface area contributed by atoms with E-state index in [0.717, 1.165) is 29.8 Å². The van der Waals surface area contributed by atoms with E-state index >= 15 is 0 Å². The van der Waals surface area contributed by atoms with Gasteiger partial charge < -0.3 is 9.32 Å². The van der Waals surface area contributed by atoms with Crippen molar-refractivity contribution >= 4 is 17.5 Å². The maximum atomic E-state index is 13.2. The Morgan fingerprint density at radius 1 is 1.16 bits per heavy atom. The molecule has 1 aliphatic carbocycles. The van der Waals surface area contributed by atoms with Gasteiger partial charge in [-0.1, -0.05) is 11.6 Å². The van der Waals surface area contributed by atoms with Crippen molar-refractivity contribution in [1.29, 1.82) is 0 Å². The van der Waals surface area contributed by atoms with Crippen molar-refractivity contribution in [2.75, 3.05) is 0 Å². The number of halogens is 1. The SMILES string of the molecule is Cc1cc(C)n(-c2ccc(C(=O)N(Cc3nnc(-c4ccc(Cl)cc4)o3)C3CC3)cn2)n1. The highest BCUT2D eigenvalue weighted by Crippen LogP contribution is 2.30. The Hall–Kier alpha value is -3.52. The minimum atomic E-state index is -0.105. The van der Waals surface area contributed by atoms with E-state index in [1.165, 1.54) is 0 Å². The van der Waals surface area contributed by atoms with Gasteiger partial charge in [0.25, 0.3) is 5.91 Å². The monoisotopic (exact) mass is 448 g/mol. The molecule has 0 N–H and O–H groups in total. The van der Waals surface area contributed by atoms with Crippen LogP contribution in [0.25, 0.3) is 17.3 Å². The van der Waals surface area contributed by atoms with Gasteiger partial charge >= 0.3 is 0 Å². The molecule has 1 fully saturated rings. The lowest BCUT2D eigenvalue weighted by molar-refractivity contribution is 0.0714. The summed E-state index contributed by atoms with van der Waals surface area (Å²) < 4.78 is 7.57. The molecule has 3 heterocycles. The summed E-state index contributed by atoms with van der Waals surface area (Å²) in [5.41, 5.74) is 3.20. The molecule has 8 nitrogen and oxygen atoms in total. The molecular formula is C23H21ClN6O2. The molecule has 1 saturated carbocycles. The number of hydrogen-bond donors (Lipinski definition) is 0. The van der Waals surface area contributed by atoms with Crippen LogP contribution in [0.4, 0.5) is 0 Å². The van der Waals surface area contributed by atoms with Gasteiger partial charge in [0.05, 0.1) is 17.8 Å². The van der Waals surface area contributed by atoms with E-state index < -0.39 is 0 Å². The Labute approximate surface area is 189 Å². The lowest BCUT2D eigenvalue weighted by Gasteiger charge is -2.20. The van der Waals surface area contributed by atoms with Crippen molar-refractivity contribution in [1.82, 2.24) is 29.9 Å². The summed E-state index contributed by atoms with van der Waals surface area (Å²) in [5, 5.41) is 13.3. The molecule has 1 aromatic carbocycles. The van der Waals surface area contributed by atoms with Crippen LogP contribution in [-0.4, -0.2) is 41.8 Å². The number of benzene rings is 1. The maximum Gasteiger partial charge on any atom is 0.256 e. The molecule has 0 saturated heterocycles. The summed E-state index contributed by atoms with van der Waals surface area (Å²) in [6.07, 6.45) is 3.51. The number of pyridine rings is 1. The molecule has 162 valence electrons. The molecule has 0 unspecified atom stereocenters. The molecular weight excluding hydrogens is 428 g/mol. The molecule has 3 aromatic heterocycles. The van der Waals surface area contributed by atoms with Gasteiger partial charge in [-0.2, -0.15) is 5.10 Å². The Balaban J connectivity index is 1.34. The van der Waals surface area contributed by atoms with E-state index in [0.29, 0.717) is 28.2 Å². The van der Waals surface area contributed by atoms with Crippen LogP contribution in [0.5, 0.6) is 0 Å². The zero-order valence-electron chi connectivity index (χ0n) is 17.7. The first-order valence-corrected chi connectivity index (χ1v) is 10.7. The summed E-state index contributed by atoms with van der Waals surface area (Å²) in [7, 11) is 0. The Morgan fingerprint density at radius 3 is 2.56 bits per heavy atom. The average Bonchev–Trinajstić information content (AvgIpc) is 3.43. The summed E-state index contributed by atoms with van der Waals surface area (Å²) >= 11 is 5.94. The zero-order valence-corrected chi connectivity index (χ0v) is 18.5. The molecule has 0 aliphatic heterocycles. The van der Waals surface area contributed by atoms with Gasteiger partial charge in [0.2, 0.25) is 11.8 Å². The molecule has 0 atom stereocenters. The van der Waals surface area contributed by atoms with Crippen LogP contribution in [0.2, 0.25) is 5.02 Å². The topological polar surface area (TPSA) is 89.9 Å². The van der Waals surface area contributed by atoms with Crippen molar-refractivity contribution in [3.8, 4) is 17.3 Å². The van der Waals surface area contributed by atoms with E-state index in [1.807, 2.05) is 38.1 Å². The molecule has 0 radical (unpaired) electrons. The third-order valence-electron chi connectivity index (χ3n) is 5.33. The average molecular weight is 449 g/mol. The first kappa shape index (κ1) is 20.4. The summed E-state index contributed by atoms with van der Waals surface area (Å²) in [6.45, 7) is 4.16. The second-order valence-corrected chi connectivity index (χ2v) is 8.35. The van der Waals surface area contributed by atoms with Crippen LogP contribution in [0.3, 0.4) is 0 Å². The van der Waals surface area contributed by atoms with Gasteiger partial charge in [0, 0.05) is 28.5 Å². The van der Waals surface area contributed by atoms with Crippen LogP contribution in [-0.2, 0) is 6.54 Å².